The van der Waals surface area contributed by atoms with Crippen molar-refractivity contribution in [3.8, 4) is 11.5 Å². The zero-order chi connectivity index (χ0) is 20.4. The van der Waals surface area contributed by atoms with Gasteiger partial charge in [0.1, 0.15) is 6.61 Å². The Bertz CT molecular complexity index is 838. The number of thiocarbonyl (C=S) groups is 1. The summed E-state index contributed by atoms with van der Waals surface area (Å²) in [6.45, 7) is 6.94. The second kappa shape index (κ2) is 11.3. The molecule has 0 saturated heterocycles. The summed E-state index contributed by atoms with van der Waals surface area (Å²) in [6, 6.07) is 11.4. The van der Waals surface area contributed by atoms with E-state index in [-0.39, 0.29) is 0 Å². The van der Waals surface area contributed by atoms with Crippen LogP contribution in [0.15, 0.2) is 54.2 Å². The first-order valence-electron chi connectivity index (χ1n) is 8.83. The minimum absolute atomic E-state index is 0.406. The van der Waals surface area contributed by atoms with E-state index in [1.807, 2.05) is 49.4 Å². The van der Waals surface area contributed by atoms with Crippen LogP contribution >= 0.6 is 23.8 Å². The molecule has 0 heterocycles. The average Bonchev–Trinajstić information content (AvgIpc) is 2.68. The van der Waals surface area contributed by atoms with E-state index in [2.05, 4.69) is 22.4 Å². The largest absolute Gasteiger partial charge is 0.493 e. The lowest BCUT2D eigenvalue weighted by Gasteiger charge is -2.16. The first kappa shape index (κ1) is 21.7. The van der Waals surface area contributed by atoms with Crippen LogP contribution < -0.4 is 20.2 Å². The molecule has 0 radical (unpaired) electrons. The van der Waals surface area contributed by atoms with Crippen molar-refractivity contribution in [2.75, 3.05) is 13.7 Å². The predicted octanol–water partition coefficient (Wildman–Crippen LogP) is 4.47. The van der Waals surface area contributed by atoms with Gasteiger partial charge in [-0.05, 0) is 61.0 Å². The van der Waals surface area contributed by atoms with Crippen molar-refractivity contribution in [3.05, 3.63) is 70.8 Å². The summed E-state index contributed by atoms with van der Waals surface area (Å²) in [5.74, 6) is 1.31. The summed E-state index contributed by atoms with van der Waals surface area (Å²) in [5, 5.41) is 8.29. The van der Waals surface area contributed by atoms with Crippen molar-refractivity contribution in [2.45, 2.75) is 20.0 Å². The summed E-state index contributed by atoms with van der Waals surface area (Å²) >= 11 is 11.0. The molecule has 2 aromatic rings. The molecule has 0 saturated carbocycles. The molecule has 28 heavy (non-hydrogen) atoms. The Balaban J connectivity index is 2.21. The summed E-state index contributed by atoms with van der Waals surface area (Å²) in [4.78, 5) is 0. The van der Waals surface area contributed by atoms with Crippen LogP contribution in [-0.2, 0) is 13.0 Å². The summed E-state index contributed by atoms with van der Waals surface area (Å²) in [6.07, 6.45) is 4.14. The molecule has 0 unspecified atom stereocenters. The number of hydrogen-bond donors (Lipinski definition) is 2. The Hall–Kier alpha value is -2.57. The van der Waals surface area contributed by atoms with Crippen molar-refractivity contribution in [2.24, 2.45) is 5.10 Å². The second-order valence-electron chi connectivity index (χ2n) is 5.85. The van der Waals surface area contributed by atoms with Gasteiger partial charge in [0.15, 0.2) is 16.6 Å². The minimum Gasteiger partial charge on any atom is -0.493 e. The maximum atomic E-state index is 6.06. The third-order valence-electron chi connectivity index (χ3n) is 3.75. The van der Waals surface area contributed by atoms with E-state index in [1.165, 1.54) is 0 Å². The van der Waals surface area contributed by atoms with E-state index in [0.29, 0.717) is 34.7 Å². The molecule has 0 atom stereocenters. The van der Waals surface area contributed by atoms with Crippen molar-refractivity contribution < 1.29 is 9.47 Å². The lowest BCUT2D eigenvalue weighted by Crippen LogP contribution is -2.31. The lowest BCUT2D eigenvalue weighted by molar-refractivity contribution is 0.282. The van der Waals surface area contributed by atoms with Crippen LogP contribution in [-0.4, -0.2) is 25.0 Å². The maximum absolute atomic E-state index is 6.06. The number of methoxy groups -OCH3 is 1. The first-order valence-corrected chi connectivity index (χ1v) is 9.62. The third kappa shape index (κ3) is 6.55. The van der Waals surface area contributed by atoms with Crippen LogP contribution in [0.25, 0.3) is 0 Å². The van der Waals surface area contributed by atoms with Crippen LogP contribution in [0.3, 0.4) is 0 Å². The standard InChI is InChI=1S/C21H24ClN3O2S/c1-4-6-17-11-16(13-24-25-21(28)23-5-2)12-19(26-3)20(17)27-14-15-7-9-18(22)10-8-15/h4,7-13H,1,5-6,14H2,2-3H3,(H2,23,25,28)/b24-13-. The molecule has 0 spiro atoms. The molecule has 0 aliphatic rings. The van der Waals surface area contributed by atoms with Gasteiger partial charge in [0, 0.05) is 17.1 Å². The van der Waals surface area contributed by atoms with E-state index < -0.39 is 0 Å². The number of ether oxygens (including phenoxy) is 2. The van der Waals surface area contributed by atoms with Crippen LogP contribution in [0.1, 0.15) is 23.6 Å². The molecule has 148 valence electrons. The Morgan fingerprint density at radius 3 is 2.68 bits per heavy atom. The van der Waals surface area contributed by atoms with Gasteiger partial charge in [-0.1, -0.05) is 29.8 Å². The van der Waals surface area contributed by atoms with Crippen molar-refractivity contribution in [1.82, 2.24) is 10.7 Å². The lowest BCUT2D eigenvalue weighted by atomic mass is 10.1. The molecule has 0 aliphatic heterocycles. The van der Waals surface area contributed by atoms with Gasteiger partial charge >= 0.3 is 0 Å². The first-order chi connectivity index (χ1) is 13.6. The molecular formula is C21H24ClN3O2S. The minimum atomic E-state index is 0.406. The van der Waals surface area contributed by atoms with E-state index in [4.69, 9.17) is 33.3 Å². The number of hydrogen-bond acceptors (Lipinski definition) is 4. The molecule has 2 aromatic carbocycles. The van der Waals surface area contributed by atoms with Crippen LogP contribution in [0, 0.1) is 0 Å². The number of halogens is 1. The van der Waals surface area contributed by atoms with Crippen LogP contribution in [0.5, 0.6) is 11.5 Å². The van der Waals surface area contributed by atoms with Gasteiger partial charge in [0.05, 0.1) is 13.3 Å². The smallest absolute Gasteiger partial charge is 0.186 e. The summed E-state index contributed by atoms with van der Waals surface area (Å²) in [5.41, 5.74) is 5.61. The number of benzene rings is 2. The Morgan fingerprint density at radius 1 is 1.29 bits per heavy atom. The highest BCUT2D eigenvalue weighted by molar-refractivity contribution is 7.80. The summed E-state index contributed by atoms with van der Waals surface area (Å²) in [7, 11) is 1.61. The molecule has 2 rings (SSSR count). The molecular weight excluding hydrogens is 394 g/mol. The molecule has 0 bridgehead atoms. The van der Waals surface area contributed by atoms with Gasteiger partial charge in [-0.2, -0.15) is 5.10 Å². The maximum Gasteiger partial charge on any atom is 0.186 e. The molecule has 7 heteroatoms. The highest BCUT2D eigenvalue weighted by Crippen LogP contribution is 2.34. The van der Waals surface area contributed by atoms with Gasteiger partial charge in [-0.15, -0.1) is 6.58 Å². The van der Waals surface area contributed by atoms with Crippen molar-refractivity contribution in [3.63, 3.8) is 0 Å². The van der Waals surface area contributed by atoms with Crippen molar-refractivity contribution in [1.29, 1.82) is 0 Å². The van der Waals surface area contributed by atoms with Crippen LogP contribution in [0.2, 0.25) is 5.02 Å². The monoisotopic (exact) mass is 417 g/mol. The molecule has 0 amide bonds. The van der Waals surface area contributed by atoms with E-state index in [1.54, 1.807) is 13.3 Å². The SMILES string of the molecule is C=CCc1cc(/C=N\NC(=S)NCC)cc(OC)c1OCc1ccc(Cl)cc1. The molecule has 2 N–H and O–H groups in total. The van der Waals surface area contributed by atoms with Crippen molar-refractivity contribution >= 4 is 35.1 Å². The Labute approximate surface area is 176 Å². The van der Waals surface area contributed by atoms with Gasteiger partial charge in [0.25, 0.3) is 0 Å². The number of nitrogens with one attached hydrogen (secondary N) is 2. The molecule has 0 aliphatic carbocycles. The molecule has 0 aromatic heterocycles. The Morgan fingerprint density at radius 2 is 2.04 bits per heavy atom. The van der Waals surface area contributed by atoms with Gasteiger partial charge < -0.3 is 14.8 Å². The molecule has 0 fully saturated rings. The molecule has 5 nitrogen and oxygen atoms in total. The fourth-order valence-corrected chi connectivity index (χ4v) is 2.81. The van der Waals surface area contributed by atoms with E-state index >= 15 is 0 Å². The second-order valence-corrected chi connectivity index (χ2v) is 6.69. The fourth-order valence-electron chi connectivity index (χ4n) is 2.48. The number of allylic oxidation sites excluding steroid dienone is 1. The topological polar surface area (TPSA) is 54.9 Å². The number of rotatable bonds is 9. The van der Waals surface area contributed by atoms with Gasteiger partial charge in [-0.3, -0.25) is 5.43 Å². The third-order valence-corrected chi connectivity index (χ3v) is 4.24. The number of nitrogens with zero attached hydrogens (tertiary/aromatic N) is 1. The highest BCUT2D eigenvalue weighted by Gasteiger charge is 2.12. The number of hydrazone groups is 1. The quantitative estimate of drug-likeness (QED) is 0.273. The average molecular weight is 418 g/mol. The normalized spacial score (nSPS) is 10.5. The zero-order valence-corrected chi connectivity index (χ0v) is 17.6. The van der Waals surface area contributed by atoms with E-state index in [9.17, 15) is 0 Å². The Kier molecular flexibility index (Phi) is 8.78. The zero-order valence-electron chi connectivity index (χ0n) is 16.0. The van der Waals surface area contributed by atoms with Gasteiger partial charge in [0.2, 0.25) is 0 Å². The fraction of sp³-hybridized carbons (Fsp3) is 0.238. The predicted molar refractivity (Wildman–Crippen MR) is 120 cm³/mol. The summed E-state index contributed by atoms with van der Waals surface area (Å²) < 4.78 is 11.6. The van der Waals surface area contributed by atoms with Crippen LogP contribution in [0.4, 0.5) is 0 Å². The van der Waals surface area contributed by atoms with Gasteiger partial charge in [-0.25, -0.2) is 0 Å². The van der Waals surface area contributed by atoms with E-state index in [0.717, 1.165) is 23.2 Å². The highest BCUT2D eigenvalue weighted by atomic mass is 35.5.